The van der Waals surface area contributed by atoms with Crippen LogP contribution in [0.1, 0.15) is 48.6 Å². The van der Waals surface area contributed by atoms with Gasteiger partial charge in [0, 0.05) is 12.0 Å². The number of rotatable bonds is 3. The van der Waals surface area contributed by atoms with E-state index in [2.05, 4.69) is 11.1 Å². The van der Waals surface area contributed by atoms with E-state index < -0.39 is 11.4 Å². The topological polar surface area (TPSA) is 84.7 Å². The van der Waals surface area contributed by atoms with E-state index in [1.807, 2.05) is 0 Å². The maximum atomic E-state index is 13.8. The molecule has 124 valence electrons. The maximum absolute atomic E-state index is 13.8. The number of hydrogen-bond donors (Lipinski definition) is 1. The third-order valence-corrected chi connectivity index (χ3v) is 4.58. The first-order valence-corrected chi connectivity index (χ1v) is 8.09. The van der Waals surface area contributed by atoms with Gasteiger partial charge in [0.15, 0.2) is 0 Å². The van der Waals surface area contributed by atoms with Crippen LogP contribution < -0.4 is 11.3 Å². The van der Waals surface area contributed by atoms with E-state index in [-0.39, 0.29) is 18.5 Å². The van der Waals surface area contributed by atoms with Gasteiger partial charge in [0.1, 0.15) is 5.82 Å². The van der Waals surface area contributed by atoms with Gasteiger partial charge in [0.05, 0.1) is 24.4 Å². The highest BCUT2D eigenvalue weighted by Gasteiger charge is 2.25. The molecule has 2 aromatic rings. The first-order chi connectivity index (χ1) is 11.6. The van der Waals surface area contributed by atoms with Gasteiger partial charge in [-0.2, -0.15) is 9.65 Å². The van der Waals surface area contributed by atoms with Crippen molar-refractivity contribution >= 4 is 0 Å². The summed E-state index contributed by atoms with van der Waals surface area (Å²) in [5.41, 5.74) is 6.49. The third kappa shape index (κ3) is 3.22. The molecule has 1 aliphatic carbocycles. The number of hydrogen-bond acceptors (Lipinski definition) is 4. The van der Waals surface area contributed by atoms with Gasteiger partial charge in [0.25, 0.3) is 5.56 Å². The molecule has 2 N–H and O–H groups in total. The fraction of sp³-hybridized carbons (Fsp3) is 0.389. The third-order valence-electron chi connectivity index (χ3n) is 4.58. The van der Waals surface area contributed by atoms with Crippen LogP contribution in [-0.2, 0) is 6.54 Å². The van der Waals surface area contributed by atoms with E-state index >= 15 is 0 Å². The molecule has 5 nitrogen and oxygen atoms in total. The zero-order chi connectivity index (χ0) is 17.1. The summed E-state index contributed by atoms with van der Waals surface area (Å²) in [6, 6.07) is 9.19. The first-order valence-electron chi connectivity index (χ1n) is 8.09. The van der Waals surface area contributed by atoms with E-state index in [0.29, 0.717) is 17.0 Å². The lowest BCUT2D eigenvalue weighted by molar-refractivity contribution is 0.367. The quantitative estimate of drug-likeness (QED) is 0.938. The van der Waals surface area contributed by atoms with E-state index in [9.17, 15) is 14.4 Å². The molecule has 0 bridgehead atoms. The predicted octanol–water partition coefficient (Wildman–Crippen LogP) is 2.29. The lowest BCUT2D eigenvalue weighted by Crippen LogP contribution is -2.33. The Balaban J connectivity index is 2.04. The molecule has 0 radical (unpaired) electrons. The number of aromatic nitrogens is 2. The number of halogens is 1. The van der Waals surface area contributed by atoms with Gasteiger partial charge in [-0.15, -0.1) is 0 Å². The molecule has 6 heteroatoms. The van der Waals surface area contributed by atoms with Crippen LogP contribution in [0.25, 0.3) is 0 Å². The Labute approximate surface area is 139 Å². The molecule has 0 amide bonds. The molecule has 1 aliphatic rings. The number of nitrogens with zero attached hydrogens (tertiary/aromatic N) is 3. The van der Waals surface area contributed by atoms with Crippen molar-refractivity contribution in [2.45, 2.75) is 44.2 Å². The minimum absolute atomic E-state index is 0.0382. The van der Waals surface area contributed by atoms with E-state index in [1.54, 1.807) is 24.3 Å². The molecule has 1 aromatic carbocycles. The Morgan fingerprint density at radius 2 is 2.17 bits per heavy atom. The molecule has 0 saturated heterocycles. The summed E-state index contributed by atoms with van der Waals surface area (Å²) >= 11 is 0. The van der Waals surface area contributed by atoms with Crippen molar-refractivity contribution < 1.29 is 4.39 Å². The van der Waals surface area contributed by atoms with E-state index in [0.717, 1.165) is 31.9 Å². The number of benzene rings is 1. The molecule has 3 rings (SSSR count). The van der Waals surface area contributed by atoms with Crippen molar-refractivity contribution in [3.8, 4) is 6.07 Å². The van der Waals surface area contributed by atoms with E-state index in [1.165, 1.54) is 4.57 Å². The zero-order valence-corrected chi connectivity index (χ0v) is 13.3. The SMILES string of the molecule is N#Cc1ccccc1Cn1c(C2CCC[C@@H](N)C2)ncc(F)c1=O. The molecule has 1 aromatic heterocycles. The molecule has 1 unspecified atom stereocenters. The average Bonchev–Trinajstić information content (AvgIpc) is 2.59. The van der Waals surface area contributed by atoms with Crippen molar-refractivity contribution in [1.82, 2.24) is 9.55 Å². The normalized spacial score (nSPS) is 20.5. The largest absolute Gasteiger partial charge is 0.328 e. The maximum Gasteiger partial charge on any atom is 0.289 e. The van der Waals surface area contributed by atoms with Crippen LogP contribution in [0.3, 0.4) is 0 Å². The second kappa shape index (κ2) is 6.93. The monoisotopic (exact) mass is 326 g/mol. The highest BCUT2D eigenvalue weighted by Crippen LogP contribution is 2.30. The highest BCUT2D eigenvalue weighted by molar-refractivity contribution is 5.37. The standard InChI is InChI=1S/C18H19FN4O/c19-16-10-22-17(12-6-3-7-15(21)8-12)23(18(16)24)11-14-5-2-1-4-13(14)9-20/h1-2,4-5,10,12,15H,3,6-8,11,21H2/t12?,15-/m1/s1. The average molecular weight is 326 g/mol. The zero-order valence-electron chi connectivity index (χ0n) is 13.3. The molecule has 1 saturated carbocycles. The summed E-state index contributed by atoms with van der Waals surface area (Å²) in [7, 11) is 0. The minimum atomic E-state index is -0.881. The molecular weight excluding hydrogens is 307 g/mol. The van der Waals surface area contributed by atoms with Crippen LogP contribution >= 0.6 is 0 Å². The number of nitrogens with two attached hydrogens (primary N) is 1. The summed E-state index contributed by atoms with van der Waals surface area (Å²) in [6.45, 7) is 0.133. The lowest BCUT2D eigenvalue weighted by Gasteiger charge is -2.28. The molecule has 1 heterocycles. The molecule has 1 fully saturated rings. The van der Waals surface area contributed by atoms with Crippen LogP contribution in [0, 0.1) is 17.1 Å². The Bertz CT molecular complexity index is 840. The van der Waals surface area contributed by atoms with Crippen LogP contribution in [0.15, 0.2) is 35.3 Å². The van der Waals surface area contributed by atoms with Crippen LogP contribution in [0.4, 0.5) is 4.39 Å². The Morgan fingerprint density at radius 1 is 1.38 bits per heavy atom. The Morgan fingerprint density at radius 3 is 2.92 bits per heavy atom. The Hall–Kier alpha value is -2.52. The van der Waals surface area contributed by atoms with Gasteiger partial charge in [0.2, 0.25) is 5.82 Å². The summed E-state index contributed by atoms with van der Waals surface area (Å²) in [5.74, 6) is -0.283. The predicted molar refractivity (Wildman–Crippen MR) is 87.9 cm³/mol. The van der Waals surface area contributed by atoms with Gasteiger partial charge in [-0.05, 0) is 30.9 Å². The van der Waals surface area contributed by atoms with Crippen molar-refractivity contribution in [2.75, 3.05) is 0 Å². The van der Waals surface area contributed by atoms with Gasteiger partial charge >= 0.3 is 0 Å². The molecular formula is C18H19FN4O. The minimum Gasteiger partial charge on any atom is -0.328 e. The summed E-state index contributed by atoms with van der Waals surface area (Å²) in [5, 5.41) is 9.23. The highest BCUT2D eigenvalue weighted by atomic mass is 19.1. The number of nitriles is 1. The smallest absolute Gasteiger partial charge is 0.289 e. The molecule has 0 aliphatic heterocycles. The lowest BCUT2D eigenvalue weighted by atomic mass is 9.85. The van der Waals surface area contributed by atoms with Crippen molar-refractivity contribution in [3.05, 3.63) is 63.6 Å². The van der Waals surface area contributed by atoms with Gasteiger partial charge in [-0.1, -0.05) is 24.6 Å². The van der Waals surface area contributed by atoms with Crippen molar-refractivity contribution in [2.24, 2.45) is 5.73 Å². The van der Waals surface area contributed by atoms with Crippen LogP contribution in [0.2, 0.25) is 0 Å². The molecule has 0 spiro atoms. The van der Waals surface area contributed by atoms with Crippen molar-refractivity contribution in [1.29, 1.82) is 5.26 Å². The van der Waals surface area contributed by atoms with Crippen LogP contribution in [-0.4, -0.2) is 15.6 Å². The van der Waals surface area contributed by atoms with Gasteiger partial charge < -0.3 is 5.73 Å². The Kier molecular flexibility index (Phi) is 4.72. The fourth-order valence-corrected chi connectivity index (χ4v) is 3.36. The second-order valence-corrected chi connectivity index (χ2v) is 6.25. The van der Waals surface area contributed by atoms with Gasteiger partial charge in [-0.25, -0.2) is 4.98 Å². The summed E-state index contributed by atoms with van der Waals surface area (Å²) in [6.07, 6.45) is 4.53. The molecule has 24 heavy (non-hydrogen) atoms. The fourth-order valence-electron chi connectivity index (χ4n) is 3.36. The first kappa shape index (κ1) is 16.3. The van der Waals surface area contributed by atoms with E-state index in [4.69, 9.17) is 5.73 Å². The summed E-state index contributed by atoms with van der Waals surface area (Å²) in [4.78, 5) is 16.5. The molecule has 2 atom stereocenters. The van der Waals surface area contributed by atoms with Gasteiger partial charge in [-0.3, -0.25) is 9.36 Å². The second-order valence-electron chi connectivity index (χ2n) is 6.25. The van der Waals surface area contributed by atoms with Crippen LogP contribution in [0.5, 0.6) is 0 Å². The summed E-state index contributed by atoms with van der Waals surface area (Å²) < 4.78 is 15.2. The van der Waals surface area contributed by atoms with Crippen molar-refractivity contribution in [3.63, 3.8) is 0 Å².